The Morgan fingerprint density at radius 3 is 2.15 bits per heavy atom. The average Bonchev–Trinajstić information content (AvgIpc) is 3.07. The van der Waals surface area contributed by atoms with Crippen molar-refractivity contribution in [1.82, 2.24) is 9.55 Å². The molecule has 27 heavy (non-hydrogen) atoms. The van der Waals surface area contributed by atoms with Gasteiger partial charge in [-0.3, -0.25) is 0 Å². The predicted octanol–water partition coefficient (Wildman–Crippen LogP) is 6.79. The van der Waals surface area contributed by atoms with Gasteiger partial charge in [0.2, 0.25) is 0 Å². The standard InChI is InChI=1S/C24H19BrN2/c25-12-5-13-27-23-16-20-9-4-3-8-19(20)15-22(23)26-24(27)21-11-10-17-6-1-2-7-18(17)14-21/h1-4,6-11,14-16H,5,12-13H2. The van der Waals surface area contributed by atoms with E-state index in [0.717, 1.165) is 29.6 Å². The molecule has 0 N–H and O–H groups in total. The molecule has 0 saturated heterocycles. The van der Waals surface area contributed by atoms with E-state index in [-0.39, 0.29) is 0 Å². The van der Waals surface area contributed by atoms with Crippen LogP contribution in [0.25, 0.3) is 44.0 Å². The van der Waals surface area contributed by atoms with Crippen LogP contribution in [-0.4, -0.2) is 14.9 Å². The van der Waals surface area contributed by atoms with Crippen molar-refractivity contribution in [3.8, 4) is 11.4 Å². The molecule has 1 heterocycles. The van der Waals surface area contributed by atoms with Crippen LogP contribution in [0.3, 0.4) is 0 Å². The average molecular weight is 415 g/mol. The SMILES string of the molecule is BrCCCn1c(-c2ccc3ccccc3c2)nc2cc3ccccc3cc21. The molecule has 132 valence electrons. The van der Waals surface area contributed by atoms with Crippen LogP contribution in [0.15, 0.2) is 78.9 Å². The Morgan fingerprint density at radius 1 is 0.741 bits per heavy atom. The number of halogens is 1. The molecule has 0 atom stereocenters. The van der Waals surface area contributed by atoms with Gasteiger partial charge in [0.1, 0.15) is 5.82 Å². The molecule has 0 spiro atoms. The molecule has 3 heteroatoms. The van der Waals surface area contributed by atoms with Crippen LogP contribution in [0, 0.1) is 0 Å². The molecule has 2 nitrogen and oxygen atoms in total. The summed E-state index contributed by atoms with van der Waals surface area (Å²) in [7, 11) is 0. The summed E-state index contributed by atoms with van der Waals surface area (Å²) in [4.78, 5) is 5.04. The lowest BCUT2D eigenvalue weighted by molar-refractivity contribution is 0.712. The normalized spacial score (nSPS) is 11.6. The van der Waals surface area contributed by atoms with E-state index in [2.05, 4.69) is 99.4 Å². The Morgan fingerprint density at radius 2 is 1.41 bits per heavy atom. The number of aryl methyl sites for hydroxylation is 1. The molecule has 0 saturated carbocycles. The third-order valence-electron chi connectivity index (χ3n) is 5.14. The Hall–Kier alpha value is -2.65. The highest BCUT2D eigenvalue weighted by Crippen LogP contribution is 2.30. The van der Waals surface area contributed by atoms with E-state index >= 15 is 0 Å². The van der Waals surface area contributed by atoms with Gasteiger partial charge < -0.3 is 4.57 Å². The van der Waals surface area contributed by atoms with E-state index in [4.69, 9.17) is 4.98 Å². The smallest absolute Gasteiger partial charge is 0.141 e. The van der Waals surface area contributed by atoms with Gasteiger partial charge in [0, 0.05) is 17.4 Å². The Balaban J connectivity index is 1.76. The van der Waals surface area contributed by atoms with Crippen LogP contribution in [0.1, 0.15) is 6.42 Å². The van der Waals surface area contributed by atoms with E-state index in [1.165, 1.54) is 32.6 Å². The Labute approximate surface area is 166 Å². The highest BCUT2D eigenvalue weighted by atomic mass is 79.9. The van der Waals surface area contributed by atoms with Gasteiger partial charge in [-0.25, -0.2) is 4.98 Å². The molecular weight excluding hydrogens is 396 g/mol. The first kappa shape index (κ1) is 16.5. The zero-order valence-corrected chi connectivity index (χ0v) is 16.5. The van der Waals surface area contributed by atoms with Crippen molar-refractivity contribution in [3.05, 3.63) is 78.9 Å². The fourth-order valence-corrected chi connectivity index (χ4v) is 4.05. The van der Waals surface area contributed by atoms with E-state index in [0.29, 0.717) is 0 Å². The van der Waals surface area contributed by atoms with Gasteiger partial charge in [-0.05, 0) is 46.2 Å². The number of fused-ring (bicyclic) bond motifs is 3. The van der Waals surface area contributed by atoms with Crippen molar-refractivity contribution in [3.63, 3.8) is 0 Å². The van der Waals surface area contributed by atoms with Crippen LogP contribution in [0.4, 0.5) is 0 Å². The number of benzene rings is 4. The maximum atomic E-state index is 5.04. The van der Waals surface area contributed by atoms with Gasteiger partial charge in [-0.2, -0.15) is 0 Å². The van der Waals surface area contributed by atoms with Crippen molar-refractivity contribution < 1.29 is 0 Å². The molecule has 0 aliphatic rings. The lowest BCUT2D eigenvalue weighted by atomic mass is 10.1. The summed E-state index contributed by atoms with van der Waals surface area (Å²) in [6.07, 6.45) is 1.07. The minimum absolute atomic E-state index is 0.947. The number of imidazole rings is 1. The number of hydrogen-bond donors (Lipinski definition) is 0. The molecule has 5 aromatic rings. The number of nitrogens with zero attached hydrogens (tertiary/aromatic N) is 2. The third-order valence-corrected chi connectivity index (χ3v) is 5.70. The minimum atomic E-state index is 0.947. The minimum Gasteiger partial charge on any atom is -0.324 e. The molecule has 5 rings (SSSR count). The zero-order chi connectivity index (χ0) is 18.2. The molecule has 0 aliphatic heterocycles. The largest absolute Gasteiger partial charge is 0.324 e. The van der Waals surface area contributed by atoms with Crippen LogP contribution >= 0.6 is 15.9 Å². The van der Waals surface area contributed by atoms with E-state index in [9.17, 15) is 0 Å². The lowest BCUT2D eigenvalue weighted by Crippen LogP contribution is -2.01. The number of aromatic nitrogens is 2. The predicted molar refractivity (Wildman–Crippen MR) is 119 cm³/mol. The summed E-state index contributed by atoms with van der Waals surface area (Å²) in [5, 5.41) is 5.99. The summed E-state index contributed by atoms with van der Waals surface area (Å²) in [6.45, 7) is 0.947. The van der Waals surface area contributed by atoms with E-state index in [1.54, 1.807) is 0 Å². The molecule has 0 amide bonds. The lowest BCUT2D eigenvalue weighted by Gasteiger charge is -2.10. The summed E-state index contributed by atoms with van der Waals surface area (Å²) < 4.78 is 2.37. The highest BCUT2D eigenvalue weighted by Gasteiger charge is 2.14. The van der Waals surface area contributed by atoms with Crippen molar-refractivity contribution in [2.45, 2.75) is 13.0 Å². The van der Waals surface area contributed by atoms with Gasteiger partial charge in [-0.15, -0.1) is 0 Å². The second-order valence-electron chi connectivity index (χ2n) is 6.88. The van der Waals surface area contributed by atoms with Gasteiger partial charge in [0.15, 0.2) is 0 Å². The molecule has 0 unspecified atom stereocenters. The molecule has 4 aromatic carbocycles. The van der Waals surface area contributed by atoms with Crippen LogP contribution in [0.5, 0.6) is 0 Å². The summed E-state index contributed by atoms with van der Waals surface area (Å²) in [6, 6.07) is 28.1. The topological polar surface area (TPSA) is 17.8 Å². The molecule has 1 aromatic heterocycles. The van der Waals surface area contributed by atoms with Crippen molar-refractivity contribution in [2.24, 2.45) is 0 Å². The molecule has 0 fully saturated rings. The van der Waals surface area contributed by atoms with Crippen molar-refractivity contribution >= 4 is 48.5 Å². The number of hydrogen-bond acceptors (Lipinski definition) is 1. The molecule has 0 radical (unpaired) electrons. The van der Waals surface area contributed by atoms with Crippen LogP contribution in [0.2, 0.25) is 0 Å². The number of alkyl halides is 1. The van der Waals surface area contributed by atoms with Gasteiger partial charge in [0.25, 0.3) is 0 Å². The monoisotopic (exact) mass is 414 g/mol. The van der Waals surface area contributed by atoms with Crippen LogP contribution < -0.4 is 0 Å². The van der Waals surface area contributed by atoms with Gasteiger partial charge >= 0.3 is 0 Å². The summed E-state index contributed by atoms with van der Waals surface area (Å²) in [5.74, 6) is 1.05. The summed E-state index contributed by atoms with van der Waals surface area (Å²) >= 11 is 3.58. The third kappa shape index (κ3) is 2.92. The maximum absolute atomic E-state index is 5.04. The second kappa shape index (κ2) is 6.82. The zero-order valence-electron chi connectivity index (χ0n) is 14.9. The van der Waals surface area contributed by atoms with Crippen molar-refractivity contribution in [1.29, 1.82) is 0 Å². The molecule has 0 aliphatic carbocycles. The quantitative estimate of drug-likeness (QED) is 0.295. The van der Waals surface area contributed by atoms with E-state index < -0.39 is 0 Å². The maximum Gasteiger partial charge on any atom is 0.141 e. The first-order valence-corrected chi connectivity index (χ1v) is 10.4. The first-order chi connectivity index (χ1) is 13.3. The number of rotatable bonds is 4. The summed E-state index contributed by atoms with van der Waals surface area (Å²) in [5.41, 5.74) is 3.44. The molecule has 0 bridgehead atoms. The Bertz CT molecular complexity index is 1270. The Kier molecular flexibility index (Phi) is 4.17. The highest BCUT2D eigenvalue weighted by molar-refractivity contribution is 9.09. The van der Waals surface area contributed by atoms with Gasteiger partial charge in [-0.1, -0.05) is 76.6 Å². The van der Waals surface area contributed by atoms with E-state index in [1.807, 2.05) is 0 Å². The fraction of sp³-hybridized carbons (Fsp3) is 0.125. The first-order valence-electron chi connectivity index (χ1n) is 9.28. The molecular formula is C24H19BrN2. The van der Waals surface area contributed by atoms with Gasteiger partial charge in [0.05, 0.1) is 11.0 Å². The van der Waals surface area contributed by atoms with Crippen molar-refractivity contribution in [2.75, 3.05) is 5.33 Å². The van der Waals surface area contributed by atoms with Crippen LogP contribution in [-0.2, 0) is 6.54 Å². The second-order valence-corrected chi connectivity index (χ2v) is 7.67. The fourth-order valence-electron chi connectivity index (χ4n) is 3.80.